The maximum atomic E-state index is 11.1. The highest BCUT2D eigenvalue weighted by atomic mass is 16.8. The van der Waals surface area contributed by atoms with Gasteiger partial charge in [0.05, 0.1) is 13.2 Å². The van der Waals surface area contributed by atoms with Crippen LogP contribution in [0.2, 0.25) is 0 Å². The van der Waals surface area contributed by atoms with Crippen LogP contribution in [-0.2, 0) is 28.5 Å². The molecule has 0 unspecified atom stereocenters. The molecule has 0 saturated carbocycles. The monoisotopic (exact) mass is 458 g/mol. The summed E-state index contributed by atoms with van der Waals surface area (Å²) in [4.78, 5) is 11.1. The van der Waals surface area contributed by atoms with Crippen LogP contribution < -0.4 is 0 Å². The molecule has 3 rings (SSSR count). The summed E-state index contributed by atoms with van der Waals surface area (Å²) in [5.74, 6) is -1.64. The van der Waals surface area contributed by atoms with E-state index in [1.54, 1.807) is 0 Å². The Morgan fingerprint density at radius 1 is 0.677 bits per heavy atom. The van der Waals surface area contributed by atoms with E-state index in [2.05, 4.69) is 0 Å². The topological polar surface area (TPSA) is 245 Å². The average molecular weight is 458 g/mol. The number of carboxylic acids is 1. The Morgan fingerprint density at radius 3 is 1.84 bits per heavy atom. The predicted octanol–water partition coefficient (Wildman–Crippen LogP) is -6.20. The van der Waals surface area contributed by atoms with Gasteiger partial charge in [-0.3, -0.25) is 0 Å². The molecule has 9 N–H and O–H groups in total. The van der Waals surface area contributed by atoms with Crippen LogP contribution in [-0.4, -0.2) is 145 Å². The van der Waals surface area contributed by atoms with Crippen molar-refractivity contribution in [2.45, 2.75) is 79.9 Å². The zero-order chi connectivity index (χ0) is 23.0. The predicted molar refractivity (Wildman–Crippen MR) is 89.8 cm³/mol. The van der Waals surface area contributed by atoms with Crippen LogP contribution in [0.25, 0.3) is 0 Å². The Kier molecular flexibility index (Phi) is 7.80. The molecule has 0 aromatic heterocycles. The molecule has 3 heterocycles. The van der Waals surface area contributed by atoms with Crippen LogP contribution >= 0.6 is 0 Å². The number of aliphatic hydroxyl groups is 8. The molecule has 0 amide bonds. The third kappa shape index (κ3) is 4.98. The van der Waals surface area contributed by atoms with Gasteiger partial charge in [0.2, 0.25) is 0 Å². The summed E-state index contributed by atoms with van der Waals surface area (Å²) in [5, 5.41) is 88.6. The van der Waals surface area contributed by atoms with E-state index in [1.165, 1.54) is 0 Å². The van der Waals surface area contributed by atoms with Crippen LogP contribution in [0.3, 0.4) is 0 Å². The molecule has 3 aliphatic heterocycles. The maximum absolute atomic E-state index is 11.1. The van der Waals surface area contributed by atoms with Crippen LogP contribution in [0.1, 0.15) is 0 Å². The molecular weight excluding hydrogens is 432 g/mol. The van der Waals surface area contributed by atoms with Gasteiger partial charge in [-0.15, -0.1) is 0 Å². The van der Waals surface area contributed by atoms with Gasteiger partial charge < -0.3 is 69.6 Å². The molecule has 0 spiro atoms. The van der Waals surface area contributed by atoms with Crippen molar-refractivity contribution >= 4 is 5.97 Å². The SMILES string of the molecule is O=C(O)[C@H]1O[C@@H](O)[C@H](O[C@@H]2OC[C@H](O)[C@H](O)[C@H]2O[C@@H]2OC[C@H](O)[C@@H](O)[C@H]2O)[C@@H](O)[C@@H]1O. The van der Waals surface area contributed by atoms with E-state index in [0.29, 0.717) is 0 Å². The molecule has 3 aliphatic rings. The average Bonchev–Trinajstić information content (AvgIpc) is 2.72. The lowest BCUT2D eigenvalue weighted by molar-refractivity contribution is -0.372. The highest BCUT2D eigenvalue weighted by molar-refractivity contribution is 5.73. The van der Waals surface area contributed by atoms with Gasteiger partial charge in [0.15, 0.2) is 25.0 Å². The summed E-state index contributed by atoms with van der Waals surface area (Å²) in [6.45, 7) is -0.890. The van der Waals surface area contributed by atoms with E-state index in [-0.39, 0.29) is 0 Å². The first-order chi connectivity index (χ1) is 14.5. The number of carboxylic acid groups (broad SMARTS) is 1. The van der Waals surface area contributed by atoms with Crippen LogP contribution in [0.15, 0.2) is 0 Å². The largest absolute Gasteiger partial charge is 0.479 e. The number of aliphatic hydroxyl groups excluding tert-OH is 8. The Bertz CT molecular complexity index is 620. The molecule has 3 fully saturated rings. The quantitative estimate of drug-likeness (QED) is 0.186. The summed E-state index contributed by atoms with van der Waals surface area (Å²) in [6.07, 6.45) is -22.4. The van der Waals surface area contributed by atoms with Gasteiger partial charge in [0, 0.05) is 0 Å². The van der Waals surface area contributed by atoms with Crippen LogP contribution in [0.5, 0.6) is 0 Å². The summed E-state index contributed by atoms with van der Waals surface area (Å²) < 4.78 is 25.8. The summed E-state index contributed by atoms with van der Waals surface area (Å²) in [5.41, 5.74) is 0. The standard InChI is InChI=1S/C16H26O15/c17-3-1-27-15(9(23)5(3)19)31-12-6(20)4(18)2-28-16(12)30-11-8(22)7(21)10(13(24)25)29-14(11)26/h3-12,14-23,26H,1-2H2,(H,24,25)/t3-,4-,5+,6-,7-,8-,9+,10-,11+,12+,14+,15-,16-/m0/s1. The maximum Gasteiger partial charge on any atom is 0.335 e. The lowest BCUT2D eigenvalue weighted by Crippen LogP contribution is -2.64. The normalized spacial score (nSPS) is 51.4. The molecule has 0 aromatic carbocycles. The summed E-state index contributed by atoms with van der Waals surface area (Å²) in [6, 6.07) is 0. The van der Waals surface area contributed by atoms with Crippen molar-refractivity contribution in [3.05, 3.63) is 0 Å². The second-order valence-corrected chi connectivity index (χ2v) is 7.48. The number of carbonyl (C=O) groups is 1. The van der Waals surface area contributed by atoms with E-state index in [0.717, 1.165) is 0 Å². The van der Waals surface area contributed by atoms with E-state index in [1.807, 2.05) is 0 Å². The molecule has 15 nitrogen and oxygen atoms in total. The molecule has 0 aliphatic carbocycles. The fourth-order valence-electron chi connectivity index (χ4n) is 3.44. The molecule has 0 radical (unpaired) electrons. The number of aliphatic carboxylic acids is 1. The lowest BCUT2D eigenvalue weighted by atomic mass is 9.98. The summed E-state index contributed by atoms with van der Waals surface area (Å²) >= 11 is 0. The molecule has 13 atom stereocenters. The van der Waals surface area contributed by atoms with E-state index >= 15 is 0 Å². The molecular formula is C16H26O15. The first-order valence-corrected chi connectivity index (χ1v) is 9.39. The highest BCUT2D eigenvalue weighted by Crippen LogP contribution is 2.29. The van der Waals surface area contributed by atoms with Crippen LogP contribution in [0, 0.1) is 0 Å². The van der Waals surface area contributed by atoms with Crippen molar-refractivity contribution < 1.29 is 74.4 Å². The van der Waals surface area contributed by atoms with Gasteiger partial charge in [0.25, 0.3) is 0 Å². The van der Waals surface area contributed by atoms with E-state index < -0.39 is 99.1 Å². The molecule has 0 bridgehead atoms. The third-order valence-electron chi connectivity index (χ3n) is 5.27. The van der Waals surface area contributed by atoms with Crippen molar-refractivity contribution in [2.24, 2.45) is 0 Å². The molecule has 3 saturated heterocycles. The molecule has 31 heavy (non-hydrogen) atoms. The van der Waals surface area contributed by atoms with Crippen molar-refractivity contribution in [1.82, 2.24) is 0 Å². The minimum Gasteiger partial charge on any atom is -0.479 e. The fourth-order valence-corrected chi connectivity index (χ4v) is 3.44. The zero-order valence-electron chi connectivity index (χ0n) is 15.9. The fraction of sp³-hybridized carbons (Fsp3) is 0.938. The van der Waals surface area contributed by atoms with Gasteiger partial charge >= 0.3 is 5.97 Å². The van der Waals surface area contributed by atoms with E-state index in [9.17, 15) is 45.6 Å². The minimum atomic E-state index is -2.03. The van der Waals surface area contributed by atoms with Crippen molar-refractivity contribution in [3.8, 4) is 0 Å². The molecule has 0 aromatic rings. The van der Waals surface area contributed by atoms with Crippen molar-refractivity contribution in [3.63, 3.8) is 0 Å². The zero-order valence-corrected chi connectivity index (χ0v) is 15.9. The minimum absolute atomic E-state index is 0.419. The van der Waals surface area contributed by atoms with Gasteiger partial charge in [-0.05, 0) is 0 Å². The van der Waals surface area contributed by atoms with Gasteiger partial charge in [-0.25, -0.2) is 4.79 Å². The van der Waals surface area contributed by atoms with Gasteiger partial charge in [0.1, 0.15) is 54.9 Å². The van der Waals surface area contributed by atoms with Crippen molar-refractivity contribution in [1.29, 1.82) is 0 Å². The first-order valence-electron chi connectivity index (χ1n) is 9.39. The second kappa shape index (κ2) is 9.84. The summed E-state index contributed by atoms with van der Waals surface area (Å²) in [7, 11) is 0. The molecule has 15 heteroatoms. The van der Waals surface area contributed by atoms with Crippen molar-refractivity contribution in [2.75, 3.05) is 13.2 Å². The molecule has 180 valence electrons. The van der Waals surface area contributed by atoms with Crippen LogP contribution in [0.4, 0.5) is 0 Å². The number of hydrogen-bond donors (Lipinski definition) is 9. The Balaban J connectivity index is 1.73. The Labute approximate surface area is 174 Å². The Hall–Kier alpha value is -1.05. The van der Waals surface area contributed by atoms with E-state index in [4.69, 9.17) is 28.8 Å². The first kappa shape index (κ1) is 24.6. The number of rotatable bonds is 5. The second-order valence-electron chi connectivity index (χ2n) is 7.48. The van der Waals surface area contributed by atoms with Gasteiger partial charge in [-0.1, -0.05) is 0 Å². The highest BCUT2D eigenvalue weighted by Gasteiger charge is 2.52. The lowest BCUT2D eigenvalue weighted by Gasteiger charge is -2.45. The smallest absolute Gasteiger partial charge is 0.335 e. The number of hydrogen-bond acceptors (Lipinski definition) is 14. The third-order valence-corrected chi connectivity index (χ3v) is 5.27. The number of ether oxygens (including phenoxy) is 5. The Morgan fingerprint density at radius 2 is 1.23 bits per heavy atom. The van der Waals surface area contributed by atoms with Gasteiger partial charge in [-0.2, -0.15) is 0 Å².